The molecule has 3 aromatic rings. The van der Waals surface area contributed by atoms with E-state index in [-0.39, 0.29) is 11.9 Å². The van der Waals surface area contributed by atoms with E-state index in [9.17, 15) is 4.79 Å². The molecule has 0 aliphatic heterocycles. The lowest BCUT2D eigenvalue weighted by molar-refractivity contribution is -0.121. The fraction of sp³-hybridized carbons (Fsp3) is 0.318. The SMILES string of the molecule is CC(C)NC(=O)CCCSc1nnc(Cc2ccccc2)n1-c1ccccc1. The number of amides is 1. The van der Waals surface area contributed by atoms with Gasteiger partial charge >= 0.3 is 0 Å². The Morgan fingerprint density at radius 1 is 1.04 bits per heavy atom. The minimum Gasteiger partial charge on any atom is -0.354 e. The molecule has 5 nitrogen and oxygen atoms in total. The molecule has 2 aromatic carbocycles. The maximum atomic E-state index is 11.8. The zero-order chi connectivity index (χ0) is 19.8. The van der Waals surface area contributed by atoms with Crippen molar-refractivity contribution in [3.05, 3.63) is 72.1 Å². The molecular formula is C22H26N4OS. The quantitative estimate of drug-likeness (QED) is 0.435. The number of carbonyl (C=O) groups is 1. The highest BCUT2D eigenvalue weighted by molar-refractivity contribution is 7.99. The summed E-state index contributed by atoms with van der Waals surface area (Å²) in [6.07, 6.45) is 2.06. The molecule has 146 valence electrons. The van der Waals surface area contributed by atoms with Crippen LogP contribution in [0.4, 0.5) is 0 Å². The zero-order valence-corrected chi connectivity index (χ0v) is 17.2. The Balaban J connectivity index is 1.71. The summed E-state index contributed by atoms with van der Waals surface area (Å²) in [6, 6.07) is 20.7. The van der Waals surface area contributed by atoms with Gasteiger partial charge in [-0.25, -0.2) is 0 Å². The molecule has 1 amide bonds. The third-order valence-electron chi connectivity index (χ3n) is 4.15. The van der Waals surface area contributed by atoms with Gasteiger partial charge in [-0.1, -0.05) is 60.3 Å². The first-order chi connectivity index (χ1) is 13.6. The van der Waals surface area contributed by atoms with E-state index >= 15 is 0 Å². The summed E-state index contributed by atoms with van der Waals surface area (Å²) < 4.78 is 2.12. The first kappa shape index (κ1) is 20.1. The van der Waals surface area contributed by atoms with E-state index in [4.69, 9.17) is 0 Å². The Morgan fingerprint density at radius 3 is 2.39 bits per heavy atom. The van der Waals surface area contributed by atoms with Gasteiger partial charge in [-0.15, -0.1) is 10.2 Å². The van der Waals surface area contributed by atoms with Crippen LogP contribution in [-0.4, -0.2) is 32.5 Å². The molecule has 0 unspecified atom stereocenters. The largest absolute Gasteiger partial charge is 0.354 e. The molecule has 0 atom stereocenters. The molecule has 0 spiro atoms. The second kappa shape index (κ2) is 10.1. The smallest absolute Gasteiger partial charge is 0.220 e. The van der Waals surface area contributed by atoms with Crippen molar-refractivity contribution in [3.63, 3.8) is 0 Å². The van der Waals surface area contributed by atoms with Crippen LogP contribution < -0.4 is 5.32 Å². The average Bonchev–Trinajstić information content (AvgIpc) is 3.08. The van der Waals surface area contributed by atoms with Crippen molar-refractivity contribution in [2.45, 2.75) is 44.3 Å². The molecule has 0 aliphatic carbocycles. The van der Waals surface area contributed by atoms with Crippen LogP contribution in [0.5, 0.6) is 0 Å². The van der Waals surface area contributed by atoms with Crippen molar-refractivity contribution >= 4 is 17.7 Å². The maximum absolute atomic E-state index is 11.8. The summed E-state index contributed by atoms with van der Waals surface area (Å²) >= 11 is 1.64. The summed E-state index contributed by atoms with van der Waals surface area (Å²) in [4.78, 5) is 11.8. The highest BCUT2D eigenvalue weighted by Crippen LogP contribution is 2.24. The Hall–Kier alpha value is -2.60. The molecule has 1 aromatic heterocycles. The van der Waals surface area contributed by atoms with Gasteiger partial charge in [0.05, 0.1) is 0 Å². The first-order valence-electron chi connectivity index (χ1n) is 9.59. The third-order valence-corrected chi connectivity index (χ3v) is 5.16. The normalized spacial score (nSPS) is 11.0. The fourth-order valence-electron chi connectivity index (χ4n) is 2.91. The predicted octanol–water partition coefficient (Wildman–Crippen LogP) is 4.26. The van der Waals surface area contributed by atoms with Crippen LogP contribution in [0.3, 0.4) is 0 Å². The van der Waals surface area contributed by atoms with Gasteiger partial charge in [0.15, 0.2) is 5.16 Å². The molecule has 3 rings (SSSR count). The monoisotopic (exact) mass is 394 g/mol. The summed E-state index contributed by atoms with van der Waals surface area (Å²) in [5.41, 5.74) is 2.26. The number of thioether (sulfide) groups is 1. The van der Waals surface area contributed by atoms with Crippen molar-refractivity contribution in [3.8, 4) is 5.69 Å². The average molecular weight is 395 g/mol. The standard InChI is InChI=1S/C22H26N4OS/c1-17(2)23-21(27)14-9-15-28-22-25-24-20(16-18-10-5-3-6-11-18)26(22)19-12-7-4-8-13-19/h3-8,10-13,17H,9,14-16H2,1-2H3,(H,23,27). The van der Waals surface area contributed by atoms with Crippen LogP contribution in [0.2, 0.25) is 0 Å². The minimum atomic E-state index is 0.102. The van der Waals surface area contributed by atoms with Crippen molar-refractivity contribution in [2.75, 3.05) is 5.75 Å². The third kappa shape index (κ3) is 5.70. The predicted molar refractivity (Wildman–Crippen MR) is 114 cm³/mol. The van der Waals surface area contributed by atoms with Gasteiger partial charge in [-0.3, -0.25) is 9.36 Å². The van der Waals surface area contributed by atoms with Gasteiger partial charge in [0.25, 0.3) is 0 Å². The lowest BCUT2D eigenvalue weighted by Crippen LogP contribution is -2.29. The van der Waals surface area contributed by atoms with Gasteiger partial charge in [-0.2, -0.15) is 0 Å². The number of para-hydroxylation sites is 1. The van der Waals surface area contributed by atoms with E-state index in [2.05, 4.69) is 44.3 Å². The first-order valence-corrected chi connectivity index (χ1v) is 10.6. The van der Waals surface area contributed by atoms with E-state index in [0.717, 1.165) is 35.3 Å². The number of nitrogens with zero attached hydrogens (tertiary/aromatic N) is 3. The Labute approximate surface area is 170 Å². The van der Waals surface area contributed by atoms with Crippen LogP contribution >= 0.6 is 11.8 Å². The summed E-state index contributed by atoms with van der Waals surface area (Å²) in [5, 5.41) is 12.7. The van der Waals surface area contributed by atoms with Crippen LogP contribution in [0, 0.1) is 0 Å². The van der Waals surface area contributed by atoms with E-state index in [0.29, 0.717) is 6.42 Å². The van der Waals surface area contributed by atoms with Crippen molar-refractivity contribution in [2.24, 2.45) is 0 Å². The number of rotatable bonds is 9. The number of nitrogens with one attached hydrogen (secondary N) is 1. The molecule has 0 radical (unpaired) electrons. The Bertz CT molecular complexity index is 878. The number of benzene rings is 2. The number of hydrogen-bond acceptors (Lipinski definition) is 4. The minimum absolute atomic E-state index is 0.102. The number of carbonyl (C=O) groups excluding carboxylic acids is 1. The number of hydrogen-bond donors (Lipinski definition) is 1. The lowest BCUT2D eigenvalue weighted by Gasteiger charge is -2.11. The zero-order valence-electron chi connectivity index (χ0n) is 16.3. The van der Waals surface area contributed by atoms with Crippen molar-refractivity contribution in [1.29, 1.82) is 0 Å². The molecule has 1 N–H and O–H groups in total. The van der Waals surface area contributed by atoms with Gasteiger partial charge < -0.3 is 5.32 Å². The fourth-order valence-corrected chi connectivity index (χ4v) is 3.82. The Morgan fingerprint density at radius 2 is 1.71 bits per heavy atom. The maximum Gasteiger partial charge on any atom is 0.220 e. The molecule has 1 heterocycles. The molecule has 0 aliphatic rings. The van der Waals surface area contributed by atoms with E-state index in [1.807, 2.05) is 50.2 Å². The summed E-state index contributed by atoms with van der Waals surface area (Å²) in [6.45, 7) is 3.95. The van der Waals surface area contributed by atoms with Gasteiger partial charge in [-0.05, 0) is 38.0 Å². The van der Waals surface area contributed by atoms with E-state index < -0.39 is 0 Å². The lowest BCUT2D eigenvalue weighted by atomic mass is 10.1. The molecule has 0 saturated carbocycles. The van der Waals surface area contributed by atoms with E-state index in [1.165, 1.54) is 5.56 Å². The van der Waals surface area contributed by atoms with Crippen LogP contribution in [0.25, 0.3) is 5.69 Å². The van der Waals surface area contributed by atoms with Gasteiger partial charge in [0.1, 0.15) is 5.82 Å². The highest BCUT2D eigenvalue weighted by Gasteiger charge is 2.15. The second-order valence-electron chi connectivity index (χ2n) is 6.91. The number of aromatic nitrogens is 3. The van der Waals surface area contributed by atoms with Crippen molar-refractivity contribution in [1.82, 2.24) is 20.1 Å². The van der Waals surface area contributed by atoms with Crippen molar-refractivity contribution < 1.29 is 4.79 Å². The molecule has 6 heteroatoms. The van der Waals surface area contributed by atoms with E-state index in [1.54, 1.807) is 11.8 Å². The summed E-state index contributed by atoms with van der Waals surface area (Å²) in [7, 11) is 0. The molecule has 0 bridgehead atoms. The molecule has 28 heavy (non-hydrogen) atoms. The molecule has 0 fully saturated rings. The topological polar surface area (TPSA) is 59.8 Å². The molecular weight excluding hydrogens is 368 g/mol. The molecule has 0 saturated heterocycles. The van der Waals surface area contributed by atoms with Gasteiger partial charge in [0.2, 0.25) is 5.91 Å². The Kier molecular flexibility index (Phi) is 7.25. The van der Waals surface area contributed by atoms with Crippen LogP contribution in [0.15, 0.2) is 65.8 Å². The highest BCUT2D eigenvalue weighted by atomic mass is 32.2. The van der Waals surface area contributed by atoms with Crippen LogP contribution in [0.1, 0.15) is 38.1 Å². The van der Waals surface area contributed by atoms with Gasteiger partial charge in [0, 0.05) is 30.3 Å². The summed E-state index contributed by atoms with van der Waals surface area (Å²) in [5.74, 6) is 1.84. The van der Waals surface area contributed by atoms with Crippen LogP contribution in [-0.2, 0) is 11.2 Å². The second-order valence-corrected chi connectivity index (χ2v) is 7.97.